The number of carbonyl (C=O) groups is 4. The maximum Gasteiger partial charge on any atom is 0.334 e. The number of nitrogens with zero attached hydrogens (tertiary/aromatic N) is 2. The minimum absolute atomic E-state index is 0.131. The van der Waals surface area contributed by atoms with Crippen molar-refractivity contribution in [2.24, 2.45) is 5.92 Å². The molecule has 0 aromatic heterocycles. The van der Waals surface area contributed by atoms with Gasteiger partial charge in [-0.3, -0.25) is 19.3 Å². The first-order valence-electron chi connectivity index (χ1n) is 9.08. The minimum Gasteiger partial charge on any atom is -0.350 e. The van der Waals surface area contributed by atoms with E-state index in [1.807, 2.05) is 6.92 Å². The Labute approximate surface area is 156 Å². The van der Waals surface area contributed by atoms with E-state index in [0.29, 0.717) is 16.9 Å². The molecule has 1 aromatic carbocycles. The highest BCUT2D eigenvalue weighted by Gasteiger charge is 2.49. The van der Waals surface area contributed by atoms with Crippen LogP contribution in [0.2, 0.25) is 0 Å². The zero-order chi connectivity index (χ0) is 19.6. The zero-order valence-electron chi connectivity index (χ0n) is 15.1. The summed E-state index contributed by atoms with van der Waals surface area (Å²) in [5.41, 5.74) is 0.678. The molecule has 1 N–H and O–H groups in total. The summed E-state index contributed by atoms with van der Waals surface area (Å²) in [7, 11) is 0. The Morgan fingerprint density at radius 2 is 1.78 bits per heavy atom. The first-order chi connectivity index (χ1) is 12.9. The van der Waals surface area contributed by atoms with E-state index in [9.17, 15) is 23.6 Å². The molecule has 3 rings (SSSR count). The number of rotatable bonds is 5. The van der Waals surface area contributed by atoms with E-state index in [1.165, 1.54) is 24.3 Å². The lowest BCUT2D eigenvalue weighted by Gasteiger charge is -2.34. The lowest BCUT2D eigenvalue weighted by molar-refractivity contribution is -0.145. The molecule has 144 valence electrons. The van der Waals surface area contributed by atoms with Gasteiger partial charge in [-0.25, -0.2) is 14.1 Å². The molecule has 1 aliphatic heterocycles. The molecule has 1 saturated carbocycles. The third-order valence-electron chi connectivity index (χ3n) is 5.19. The summed E-state index contributed by atoms with van der Waals surface area (Å²) in [4.78, 5) is 51.0. The summed E-state index contributed by atoms with van der Waals surface area (Å²) >= 11 is 0. The van der Waals surface area contributed by atoms with E-state index >= 15 is 0 Å². The van der Waals surface area contributed by atoms with Crippen molar-refractivity contribution in [2.75, 3.05) is 6.54 Å². The molecule has 8 heteroatoms. The third kappa shape index (κ3) is 3.99. The van der Waals surface area contributed by atoms with E-state index < -0.39 is 30.3 Å². The van der Waals surface area contributed by atoms with Crippen molar-refractivity contribution in [1.82, 2.24) is 15.1 Å². The Morgan fingerprint density at radius 3 is 2.44 bits per heavy atom. The fourth-order valence-corrected chi connectivity index (χ4v) is 3.64. The van der Waals surface area contributed by atoms with Crippen LogP contribution in [0.4, 0.5) is 9.18 Å². The van der Waals surface area contributed by atoms with Gasteiger partial charge in [0.2, 0.25) is 5.91 Å². The quantitative estimate of drug-likeness (QED) is 0.628. The monoisotopic (exact) mass is 375 g/mol. The number of benzene rings is 1. The van der Waals surface area contributed by atoms with Gasteiger partial charge in [0.1, 0.15) is 12.4 Å². The predicted molar refractivity (Wildman–Crippen MR) is 93.6 cm³/mol. The molecule has 2 atom stereocenters. The Morgan fingerprint density at radius 1 is 1.11 bits per heavy atom. The number of urea groups is 1. The average Bonchev–Trinajstić information content (AvgIpc) is 2.85. The van der Waals surface area contributed by atoms with E-state index in [1.54, 1.807) is 0 Å². The number of hydrogen-bond donors (Lipinski definition) is 1. The van der Waals surface area contributed by atoms with Gasteiger partial charge in [0.05, 0.1) is 0 Å². The number of halogens is 1. The van der Waals surface area contributed by atoms with Gasteiger partial charge in [-0.15, -0.1) is 0 Å². The lowest BCUT2D eigenvalue weighted by atomic mass is 9.85. The van der Waals surface area contributed by atoms with Crippen LogP contribution in [0, 0.1) is 11.7 Å². The van der Waals surface area contributed by atoms with Crippen molar-refractivity contribution >= 4 is 23.8 Å². The summed E-state index contributed by atoms with van der Waals surface area (Å²) in [6.07, 6.45) is 3.51. The van der Waals surface area contributed by atoms with E-state index in [4.69, 9.17) is 0 Å². The molecule has 5 amide bonds. The van der Waals surface area contributed by atoms with Gasteiger partial charge in [0.15, 0.2) is 0 Å². The molecule has 27 heavy (non-hydrogen) atoms. The molecular weight excluding hydrogens is 353 g/mol. The fraction of sp³-hybridized carbons (Fsp3) is 0.474. The van der Waals surface area contributed by atoms with Crippen molar-refractivity contribution < 1.29 is 23.6 Å². The largest absolute Gasteiger partial charge is 0.350 e. The lowest BCUT2D eigenvalue weighted by Crippen LogP contribution is -2.47. The Kier molecular flexibility index (Phi) is 5.53. The zero-order valence-corrected chi connectivity index (χ0v) is 15.1. The molecule has 0 unspecified atom stereocenters. The molecule has 1 aromatic rings. The second-order valence-electron chi connectivity index (χ2n) is 7.08. The van der Waals surface area contributed by atoms with Gasteiger partial charge < -0.3 is 5.32 Å². The molecular formula is C19H22FN3O4. The highest BCUT2D eigenvalue weighted by molar-refractivity contribution is 6.45. The van der Waals surface area contributed by atoms with E-state index in [0.717, 1.165) is 24.2 Å². The van der Waals surface area contributed by atoms with Crippen LogP contribution in [0.5, 0.6) is 0 Å². The standard InChI is InChI=1S/C19H22FN3O4/c1-12-4-2-3-5-15(12)23-18(26)17(25)22(19(23)27)11-16(24)21-10-13-6-8-14(20)9-7-13/h6-9,12,15H,2-5,10-11H2,1H3,(H,21,24)/t12-,15-/m1/s1. The topological polar surface area (TPSA) is 86.8 Å². The second kappa shape index (κ2) is 7.85. The van der Waals surface area contributed by atoms with Crippen LogP contribution in [0.15, 0.2) is 24.3 Å². The first kappa shape index (κ1) is 19.0. The molecule has 1 heterocycles. The molecule has 0 spiro atoms. The predicted octanol–water partition coefficient (Wildman–Crippen LogP) is 1.81. The summed E-state index contributed by atoms with van der Waals surface area (Å²) < 4.78 is 12.9. The van der Waals surface area contributed by atoms with Crippen LogP contribution in [-0.4, -0.2) is 46.1 Å². The number of carbonyl (C=O) groups excluding carboxylic acids is 4. The van der Waals surface area contributed by atoms with E-state index in [-0.39, 0.29) is 24.3 Å². The van der Waals surface area contributed by atoms with Crippen LogP contribution < -0.4 is 5.32 Å². The number of nitrogens with one attached hydrogen (secondary N) is 1. The average molecular weight is 375 g/mol. The van der Waals surface area contributed by atoms with Crippen LogP contribution >= 0.6 is 0 Å². The molecule has 2 aliphatic rings. The minimum atomic E-state index is -0.963. The smallest absolute Gasteiger partial charge is 0.334 e. The van der Waals surface area contributed by atoms with Crippen molar-refractivity contribution in [1.29, 1.82) is 0 Å². The Balaban J connectivity index is 1.61. The highest BCUT2D eigenvalue weighted by atomic mass is 19.1. The summed E-state index contributed by atoms with van der Waals surface area (Å²) in [6, 6.07) is 4.58. The number of hydrogen-bond acceptors (Lipinski definition) is 4. The number of imide groups is 2. The van der Waals surface area contributed by atoms with Gasteiger partial charge in [-0.05, 0) is 36.5 Å². The summed E-state index contributed by atoms with van der Waals surface area (Å²) in [5.74, 6) is -2.63. The third-order valence-corrected chi connectivity index (χ3v) is 5.19. The normalized spacial score (nSPS) is 23.1. The van der Waals surface area contributed by atoms with Crippen LogP contribution in [0.1, 0.15) is 38.2 Å². The van der Waals surface area contributed by atoms with Gasteiger partial charge >= 0.3 is 17.8 Å². The maximum atomic E-state index is 12.9. The fourth-order valence-electron chi connectivity index (χ4n) is 3.64. The van der Waals surface area contributed by atoms with E-state index in [2.05, 4.69) is 5.32 Å². The van der Waals surface area contributed by atoms with Crippen LogP contribution in [0.25, 0.3) is 0 Å². The highest BCUT2D eigenvalue weighted by Crippen LogP contribution is 2.31. The molecule has 7 nitrogen and oxygen atoms in total. The van der Waals surface area contributed by atoms with Crippen molar-refractivity contribution in [2.45, 2.75) is 45.2 Å². The Hall–Kier alpha value is -2.77. The van der Waals surface area contributed by atoms with Crippen LogP contribution in [-0.2, 0) is 20.9 Å². The van der Waals surface area contributed by atoms with Crippen LogP contribution in [0.3, 0.4) is 0 Å². The van der Waals surface area contributed by atoms with Crippen molar-refractivity contribution in [3.05, 3.63) is 35.6 Å². The summed E-state index contributed by atoms with van der Waals surface area (Å²) in [5, 5.41) is 2.57. The molecule has 2 fully saturated rings. The second-order valence-corrected chi connectivity index (χ2v) is 7.08. The van der Waals surface area contributed by atoms with Gasteiger partial charge in [0.25, 0.3) is 0 Å². The first-order valence-corrected chi connectivity index (χ1v) is 9.08. The van der Waals surface area contributed by atoms with Crippen molar-refractivity contribution in [3.63, 3.8) is 0 Å². The molecule has 0 radical (unpaired) electrons. The summed E-state index contributed by atoms with van der Waals surface area (Å²) in [6.45, 7) is 1.59. The molecule has 1 saturated heterocycles. The van der Waals surface area contributed by atoms with Gasteiger partial charge in [-0.2, -0.15) is 0 Å². The Bertz CT molecular complexity index is 765. The molecule has 0 bridgehead atoms. The number of amides is 5. The molecule has 1 aliphatic carbocycles. The SMILES string of the molecule is C[C@@H]1CCCC[C@H]1N1C(=O)C(=O)N(CC(=O)NCc2ccc(F)cc2)C1=O. The van der Waals surface area contributed by atoms with Gasteiger partial charge in [-0.1, -0.05) is 31.9 Å². The maximum absolute atomic E-state index is 12.9. The van der Waals surface area contributed by atoms with Crippen molar-refractivity contribution in [3.8, 4) is 0 Å². The van der Waals surface area contributed by atoms with Gasteiger partial charge in [0, 0.05) is 12.6 Å².